The molecule has 1 aliphatic rings. The van der Waals surface area contributed by atoms with Gasteiger partial charge in [-0.1, -0.05) is 6.92 Å². The number of aromatic amines is 1. The Balaban J connectivity index is 1.64. The first-order valence-corrected chi connectivity index (χ1v) is 7.73. The molecule has 23 heavy (non-hydrogen) atoms. The van der Waals surface area contributed by atoms with Gasteiger partial charge in [0, 0.05) is 38.0 Å². The van der Waals surface area contributed by atoms with E-state index in [1.54, 1.807) is 21.7 Å². The fourth-order valence-corrected chi connectivity index (χ4v) is 2.74. The normalized spacial score (nSPS) is 17.5. The third-order valence-corrected chi connectivity index (χ3v) is 3.97. The highest BCUT2D eigenvalue weighted by atomic mass is 16.2. The molecular formula is C15H20N6O2. The van der Waals surface area contributed by atoms with Crippen molar-refractivity contribution in [2.24, 2.45) is 0 Å². The van der Waals surface area contributed by atoms with Crippen LogP contribution in [-0.4, -0.2) is 49.8 Å². The molecule has 0 bridgehead atoms. The Hall–Kier alpha value is -2.64. The van der Waals surface area contributed by atoms with Crippen LogP contribution in [0.4, 0.5) is 5.82 Å². The molecule has 2 amide bonds. The lowest BCUT2D eigenvalue weighted by molar-refractivity contribution is -0.114. The van der Waals surface area contributed by atoms with E-state index in [4.69, 9.17) is 0 Å². The zero-order chi connectivity index (χ0) is 16.4. The molecule has 0 unspecified atom stereocenters. The summed E-state index contributed by atoms with van der Waals surface area (Å²) in [4.78, 5) is 25.3. The van der Waals surface area contributed by atoms with Crippen molar-refractivity contribution in [3.8, 4) is 0 Å². The zero-order valence-electron chi connectivity index (χ0n) is 13.2. The van der Waals surface area contributed by atoms with Crippen LogP contribution in [0.3, 0.4) is 0 Å². The number of rotatable bonds is 4. The number of anilines is 1. The van der Waals surface area contributed by atoms with E-state index in [-0.39, 0.29) is 17.9 Å². The van der Waals surface area contributed by atoms with E-state index >= 15 is 0 Å². The molecule has 0 aliphatic carbocycles. The van der Waals surface area contributed by atoms with Crippen molar-refractivity contribution in [1.29, 1.82) is 0 Å². The molecule has 8 nitrogen and oxygen atoms in total. The summed E-state index contributed by atoms with van der Waals surface area (Å²) in [6.45, 7) is 4.73. The molecule has 1 fully saturated rings. The lowest BCUT2D eigenvalue weighted by Gasteiger charge is -2.15. The SMILES string of the molecule is CCc1cc(C(=O)N2CC[C@H](n3ccc(NC(C)=O)n3)C2)n[nH]1. The summed E-state index contributed by atoms with van der Waals surface area (Å²) in [6.07, 6.45) is 3.48. The number of aryl methyl sites for hydroxylation is 1. The minimum Gasteiger partial charge on any atom is -0.335 e. The molecule has 3 rings (SSSR count). The monoisotopic (exact) mass is 316 g/mol. The number of likely N-dealkylation sites (tertiary alicyclic amines) is 1. The number of amides is 2. The Kier molecular flexibility index (Phi) is 4.14. The molecule has 3 heterocycles. The van der Waals surface area contributed by atoms with Crippen LogP contribution in [0.25, 0.3) is 0 Å². The Labute approximate surface area is 133 Å². The second-order valence-corrected chi connectivity index (χ2v) is 5.69. The minimum atomic E-state index is -0.149. The van der Waals surface area contributed by atoms with Gasteiger partial charge < -0.3 is 10.2 Å². The van der Waals surface area contributed by atoms with E-state index in [1.165, 1.54) is 6.92 Å². The van der Waals surface area contributed by atoms with Crippen molar-refractivity contribution in [2.45, 2.75) is 32.7 Å². The highest BCUT2D eigenvalue weighted by molar-refractivity contribution is 5.92. The summed E-state index contributed by atoms with van der Waals surface area (Å²) in [5.41, 5.74) is 1.41. The Morgan fingerprint density at radius 2 is 2.30 bits per heavy atom. The van der Waals surface area contributed by atoms with E-state index in [9.17, 15) is 9.59 Å². The molecule has 0 saturated carbocycles. The van der Waals surface area contributed by atoms with Crippen LogP contribution in [0.5, 0.6) is 0 Å². The number of carbonyl (C=O) groups is 2. The smallest absolute Gasteiger partial charge is 0.274 e. The first-order valence-electron chi connectivity index (χ1n) is 7.73. The third kappa shape index (κ3) is 3.25. The number of H-pyrrole nitrogens is 1. The maximum absolute atomic E-state index is 12.5. The zero-order valence-corrected chi connectivity index (χ0v) is 13.2. The van der Waals surface area contributed by atoms with Crippen LogP contribution in [0.15, 0.2) is 18.3 Å². The number of hydrogen-bond donors (Lipinski definition) is 2. The quantitative estimate of drug-likeness (QED) is 0.886. The average molecular weight is 316 g/mol. The average Bonchev–Trinajstić information content (AvgIpc) is 3.25. The van der Waals surface area contributed by atoms with Crippen LogP contribution in [0.1, 0.15) is 42.5 Å². The second kappa shape index (κ2) is 6.23. The van der Waals surface area contributed by atoms with Crippen molar-refractivity contribution in [3.63, 3.8) is 0 Å². The van der Waals surface area contributed by atoms with Crippen LogP contribution < -0.4 is 5.32 Å². The van der Waals surface area contributed by atoms with E-state index < -0.39 is 0 Å². The first kappa shape index (κ1) is 15.3. The van der Waals surface area contributed by atoms with Crippen molar-refractivity contribution in [3.05, 3.63) is 29.7 Å². The molecular weight excluding hydrogens is 296 g/mol. The van der Waals surface area contributed by atoms with E-state index in [1.807, 2.05) is 13.1 Å². The summed E-state index contributed by atoms with van der Waals surface area (Å²) in [6, 6.07) is 3.68. The lowest BCUT2D eigenvalue weighted by Crippen LogP contribution is -2.29. The van der Waals surface area contributed by atoms with Gasteiger partial charge in [-0.15, -0.1) is 0 Å². The molecule has 1 atom stereocenters. The number of carbonyl (C=O) groups excluding carboxylic acids is 2. The van der Waals surface area contributed by atoms with Gasteiger partial charge in [-0.2, -0.15) is 10.2 Å². The summed E-state index contributed by atoms with van der Waals surface area (Å²) >= 11 is 0. The predicted octanol–water partition coefficient (Wildman–Crippen LogP) is 1.21. The van der Waals surface area contributed by atoms with Crippen LogP contribution in [0, 0.1) is 0 Å². The Morgan fingerprint density at radius 1 is 1.48 bits per heavy atom. The van der Waals surface area contributed by atoms with Gasteiger partial charge in [-0.05, 0) is 18.9 Å². The van der Waals surface area contributed by atoms with Crippen LogP contribution in [-0.2, 0) is 11.2 Å². The standard InChI is InChI=1S/C15H20N6O2/c1-3-11-8-13(18-17-11)15(23)20-6-4-12(9-20)21-7-5-14(19-21)16-10(2)22/h5,7-8,12H,3-4,6,9H2,1-2H3,(H,17,18)(H,16,19,22)/t12-/m0/s1. The van der Waals surface area contributed by atoms with Gasteiger partial charge in [0.15, 0.2) is 5.82 Å². The van der Waals surface area contributed by atoms with Crippen molar-refractivity contribution in [2.75, 3.05) is 18.4 Å². The Morgan fingerprint density at radius 3 is 3.00 bits per heavy atom. The topological polar surface area (TPSA) is 95.9 Å². The molecule has 0 radical (unpaired) electrons. The summed E-state index contributed by atoms with van der Waals surface area (Å²) < 4.78 is 1.81. The van der Waals surface area contributed by atoms with Crippen LogP contribution in [0.2, 0.25) is 0 Å². The fourth-order valence-electron chi connectivity index (χ4n) is 2.74. The highest BCUT2D eigenvalue weighted by Gasteiger charge is 2.29. The number of aromatic nitrogens is 4. The summed E-state index contributed by atoms with van der Waals surface area (Å²) in [5.74, 6) is 0.323. The van der Waals surface area contributed by atoms with Gasteiger partial charge in [-0.3, -0.25) is 19.4 Å². The number of nitrogens with one attached hydrogen (secondary N) is 2. The second-order valence-electron chi connectivity index (χ2n) is 5.69. The molecule has 2 aromatic heterocycles. The largest absolute Gasteiger partial charge is 0.335 e. The van der Waals surface area contributed by atoms with Crippen molar-refractivity contribution < 1.29 is 9.59 Å². The summed E-state index contributed by atoms with van der Waals surface area (Å²) in [7, 11) is 0. The van der Waals surface area contributed by atoms with Crippen molar-refractivity contribution >= 4 is 17.6 Å². The van der Waals surface area contributed by atoms with Gasteiger partial charge in [0.25, 0.3) is 5.91 Å². The first-order chi connectivity index (χ1) is 11.1. The molecule has 0 spiro atoms. The van der Waals surface area contributed by atoms with Crippen LogP contribution >= 0.6 is 0 Å². The Bertz CT molecular complexity index is 719. The summed E-state index contributed by atoms with van der Waals surface area (Å²) in [5, 5.41) is 13.9. The number of hydrogen-bond acceptors (Lipinski definition) is 4. The molecule has 2 N–H and O–H groups in total. The van der Waals surface area contributed by atoms with E-state index in [2.05, 4.69) is 20.6 Å². The molecule has 122 valence electrons. The minimum absolute atomic E-state index is 0.0577. The molecule has 1 aliphatic heterocycles. The molecule has 0 aromatic carbocycles. The molecule has 1 saturated heterocycles. The van der Waals surface area contributed by atoms with Gasteiger partial charge in [-0.25, -0.2) is 0 Å². The lowest BCUT2D eigenvalue weighted by atomic mass is 10.3. The van der Waals surface area contributed by atoms with E-state index in [0.717, 1.165) is 18.5 Å². The number of nitrogens with zero attached hydrogens (tertiary/aromatic N) is 4. The van der Waals surface area contributed by atoms with Crippen molar-refractivity contribution in [1.82, 2.24) is 24.9 Å². The van der Waals surface area contributed by atoms with Gasteiger partial charge in [0.2, 0.25) is 5.91 Å². The van der Waals surface area contributed by atoms with Gasteiger partial charge >= 0.3 is 0 Å². The third-order valence-electron chi connectivity index (χ3n) is 3.97. The predicted molar refractivity (Wildman–Crippen MR) is 84.1 cm³/mol. The maximum atomic E-state index is 12.5. The van der Waals surface area contributed by atoms with Gasteiger partial charge in [0.1, 0.15) is 5.69 Å². The van der Waals surface area contributed by atoms with Gasteiger partial charge in [0.05, 0.1) is 6.04 Å². The maximum Gasteiger partial charge on any atom is 0.274 e. The highest BCUT2D eigenvalue weighted by Crippen LogP contribution is 2.23. The van der Waals surface area contributed by atoms with E-state index in [0.29, 0.717) is 24.6 Å². The molecule has 8 heteroatoms. The fraction of sp³-hybridized carbons (Fsp3) is 0.467. The molecule has 2 aromatic rings.